The number of fused-ring (bicyclic) bond motifs is 1. The molecule has 3 heterocycles. The van der Waals surface area contributed by atoms with Crippen molar-refractivity contribution in [3.8, 4) is 17.0 Å². The van der Waals surface area contributed by atoms with Crippen molar-refractivity contribution in [3.05, 3.63) is 71.9 Å². The number of benzene rings is 2. The van der Waals surface area contributed by atoms with Crippen molar-refractivity contribution in [1.82, 2.24) is 14.8 Å². The molecule has 2 aromatic carbocycles. The molecule has 180 valence electrons. The van der Waals surface area contributed by atoms with Gasteiger partial charge in [-0.1, -0.05) is 36.4 Å². The maximum Gasteiger partial charge on any atom is 0.256 e. The molecular weight excluding hydrogens is 440 g/mol. The normalized spacial score (nSPS) is 15.6. The standard InChI is InChI=1S/C28H30N4O3/c1-18(2)32-27-23(16-29-32)22(15-25(30-27)20-8-5-4-6-9-20)28(33)31-24-12-11-19(3)14-26(24)35-17-21-10-7-13-34-21/h4-6,8-9,11-12,14-16,18,21H,7,10,13,17H2,1-3H3,(H,31,33). The summed E-state index contributed by atoms with van der Waals surface area (Å²) in [7, 11) is 0. The summed E-state index contributed by atoms with van der Waals surface area (Å²) in [5, 5.41) is 8.30. The number of rotatable bonds is 7. The zero-order valence-corrected chi connectivity index (χ0v) is 20.3. The van der Waals surface area contributed by atoms with Gasteiger partial charge in [0.2, 0.25) is 0 Å². The number of carbonyl (C=O) groups excluding carboxylic acids is 1. The summed E-state index contributed by atoms with van der Waals surface area (Å²) < 4.78 is 13.6. The number of nitrogens with zero attached hydrogens (tertiary/aromatic N) is 3. The highest BCUT2D eigenvalue weighted by molar-refractivity contribution is 6.13. The van der Waals surface area contributed by atoms with Crippen LogP contribution in [0.15, 0.2) is 60.8 Å². The molecule has 35 heavy (non-hydrogen) atoms. The molecule has 4 aromatic rings. The molecule has 1 aliphatic rings. The Morgan fingerprint density at radius 2 is 2.03 bits per heavy atom. The third-order valence-corrected chi connectivity index (χ3v) is 6.20. The minimum atomic E-state index is -0.233. The van der Waals surface area contributed by atoms with Gasteiger partial charge in [-0.3, -0.25) is 4.79 Å². The van der Waals surface area contributed by atoms with E-state index >= 15 is 0 Å². The molecule has 0 saturated carbocycles. The van der Waals surface area contributed by atoms with E-state index < -0.39 is 0 Å². The van der Waals surface area contributed by atoms with Crippen molar-refractivity contribution in [1.29, 1.82) is 0 Å². The van der Waals surface area contributed by atoms with Crippen molar-refractivity contribution >= 4 is 22.6 Å². The van der Waals surface area contributed by atoms with Crippen LogP contribution in [0.1, 0.15) is 48.7 Å². The van der Waals surface area contributed by atoms with Crippen LogP contribution < -0.4 is 10.1 Å². The first-order chi connectivity index (χ1) is 17.0. The number of anilines is 1. The number of ether oxygens (including phenoxy) is 2. The predicted octanol–water partition coefficient (Wildman–Crippen LogP) is 5.80. The summed E-state index contributed by atoms with van der Waals surface area (Å²) in [6.45, 7) is 7.34. The number of pyridine rings is 1. The van der Waals surface area contributed by atoms with E-state index in [4.69, 9.17) is 14.5 Å². The second-order valence-electron chi connectivity index (χ2n) is 9.24. The van der Waals surface area contributed by atoms with Crippen molar-refractivity contribution in [2.45, 2.75) is 45.8 Å². The van der Waals surface area contributed by atoms with E-state index in [1.807, 2.05) is 80.1 Å². The second-order valence-corrected chi connectivity index (χ2v) is 9.24. The molecule has 5 rings (SSSR count). The van der Waals surface area contributed by atoms with Gasteiger partial charge in [-0.25, -0.2) is 9.67 Å². The molecule has 0 radical (unpaired) electrons. The van der Waals surface area contributed by atoms with Gasteiger partial charge in [0, 0.05) is 18.2 Å². The Balaban J connectivity index is 1.50. The van der Waals surface area contributed by atoms with Gasteiger partial charge in [-0.15, -0.1) is 0 Å². The van der Waals surface area contributed by atoms with Gasteiger partial charge < -0.3 is 14.8 Å². The Morgan fingerprint density at radius 1 is 1.20 bits per heavy atom. The van der Waals surface area contributed by atoms with Crippen molar-refractivity contribution in [3.63, 3.8) is 0 Å². The minimum Gasteiger partial charge on any atom is -0.489 e. The molecular formula is C28H30N4O3. The maximum atomic E-state index is 13.6. The fraction of sp³-hybridized carbons (Fsp3) is 0.321. The predicted molar refractivity (Wildman–Crippen MR) is 137 cm³/mol. The van der Waals surface area contributed by atoms with E-state index in [0.29, 0.717) is 34.6 Å². The Bertz CT molecular complexity index is 1340. The van der Waals surface area contributed by atoms with Gasteiger partial charge in [0.15, 0.2) is 5.65 Å². The summed E-state index contributed by atoms with van der Waals surface area (Å²) in [5.41, 5.74) is 4.55. The summed E-state index contributed by atoms with van der Waals surface area (Å²) in [4.78, 5) is 18.5. The van der Waals surface area contributed by atoms with E-state index in [1.165, 1.54) is 0 Å². The van der Waals surface area contributed by atoms with Gasteiger partial charge in [-0.05, 0) is 57.4 Å². The summed E-state index contributed by atoms with van der Waals surface area (Å²) in [5.74, 6) is 0.406. The number of hydrogen-bond acceptors (Lipinski definition) is 5. The van der Waals surface area contributed by atoms with E-state index in [1.54, 1.807) is 6.20 Å². The Labute approximate surface area is 205 Å². The third-order valence-electron chi connectivity index (χ3n) is 6.20. The molecule has 1 fully saturated rings. The molecule has 2 aromatic heterocycles. The number of carbonyl (C=O) groups is 1. The van der Waals surface area contributed by atoms with E-state index in [0.717, 1.165) is 36.3 Å². The highest BCUT2D eigenvalue weighted by Gasteiger charge is 2.21. The molecule has 1 N–H and O–H groups in total. The first-order valence-corrected chi connectivity index (χ1v) is 12.1. The van der Waals surface area contributed by atoms with Crippen LogP contribution in [-0.4, -0.2) is 40.0 Å². The lowest BCUT2D eigenvalue weighted by molar-refractivity contribution is 0.0681. The Kier molecular flexibility index (Phi) is 6.51. The van der Waals surface area contributed by atoms with Crippen LogP contribution in [-0.2, 0) is 4.74 Å². The van der Waals surface area contributed by atoms with Crippen molar-refractivity contribution < 1.29 is 14.3 Å². The van der Waals surface area contributed by atoms with Gasteiger partial charge in [-0.2, -0.15) is 5.10 Å². The number of amides is 1. The number of hydrogen-bond donors (Lipinski definition) is 1. The van der Waals surface area contributed by atoms with Crippen LogP contribution >= 0.6 is 0 Å². The van der Waals surface area contributed by atoms with Crippen LogP contribution in [0.5, 0.6) is 5.75 Å². The highest BCUT2D eigenvalue weighted by atomic mass is 16.5. The number of aromatic nitrogens is 3. The highest BCUT2D eigenvalue weighted by Crippen LogP contribution is 2.30. The second kappa shape index (κ2) is 9.88. The van der Waals surface area contributed by atoms with Gasteiger partial charge in [0.1, 0.15) is 12.4 Å². The zero-order valence-electron chi connectivity index (χ0n) is 20.3. The van der Waals surface area contributed by atoms with Crippen LogP contribution in [0, 0.1) is 6.92 Å². The van der Waals surface area contributed by atoms with Gasteiger partial charge >= 0.3 is 0 Å². The fourth-order valence-corrected chi connectivity index (χ4v) is 4.34. The fourth-order valence-electron chi connectivity index (χ4n) is 4.34. The summed E-state index contributed by atoms with van der Waals surface area (Å²) >= 11 is 0. The quantitative estimate of drug-likeness (QED) is 0.369. The van der Waals surface area contributed by atoms with Gasteiger partial charge in [0.25, 0.3) is 5.91 Å². The topological polar surface area (TPSA) is 78.3 Å². The van der Waals surface area contributed by atoms with Crippen LogP contribution in [0.2, 0.25) is 0 Å². The monoisotopic (exact) mass is 470 g/mol. The smallest absolute Gasteiger partial charge is 0.256 e. The average Bonchev–Trinajstić information content (AvgIpc) is 3.54. The minimum absolute atomic E-state index is 0.0918. The third kappa shape index (κ3) is 4.91. The van der Waals surface area contributed by atoms with Gasteiger partial charge in [0.05, 0.1) is 34.6 Å². The number of nitrogens with one attached hydrogen (secondary N) is 1. The SMILES string of the molecule is Cc1ccc(NC(=O)c2cc(-c3ccccc3)nc3c2cnn3C(C)C)c(OCC2CCCO2)c1. The first-order valence-electron chi connectivity index (χ1n) is 12.1. The van der Waals surface area contributed by atoms with E-state index in [9.17, 15) is 4.79 Å². The van der Waals surface area contributed by atoms with E-state index in [2.05, 4.69) is 10.4 Å². The molecule has 0 spiro atoms. The molecule has 7 heteroatoms. The average molecular weight is 471 g/mol. The van der Waals surface area contributed by atoms with Crippen LogP contribution in [0.4, 0.5) is 5.69 Å². The lowest BCUT2D eigenvalue weighted by Crippen LogP contribution is -2.18. The van der Waals surface area contributed by atoms with E-state index in [-0.39, 0.29) is 18.1 Å². The largest absolute Gasteiger partial charge is 0.489 e. The molecule has 0 aliphatic carbocycles. The molecule has 1 saturated heterocycles. The lowest BCUT2D eigenvalue weighted by Gasteiger charge is -2.16. The molecule has 0 bridgehead atoms. The van der Waals surface area contributed by atoms with Crippen molar-refractivity contribution in [2.75, 3.05) is 18.5 Å². The van der Waals surface area contributed by atoms with Crippen LogP contribution in [0.3, 0.4) is 0 Å². The maximum absolute atomic E-state index is 13.6. The zero-order chi connectivity index (χ0) is 24.4. The molecule has 1 aliphatic heterocycles. The molecule has 7 nitrogen and oxygen atoms in total. The van der Waals surface area contributed by atoms with Crippen LogP contribution in [0.25, 0.3) is 22.3 Å². The Morgan fingerprint density at radius 3 is 2.77 bits per heavy atom. The summed E-state index contributed by atoms with van der Waals surface area (Å²) in [6, 6.07) is 17.6. The number of aryl methyl sites for hydroxylation is 1. The van der Waals surface area contributed by atoms with Crippen molar-refractivity contribution in [2.24, 2.45) is 0 Å². The molecule has 1 unspecified atom stereocenters. The molecule has 1 amide bonds. The lowest BCUT2D eigenvalue weighted by atomic mass is 10.1. The summed E-state index contributed by atoms with van der Waals surface area (Å²) in [6.07, 6.45) is 3.85. The molecule has 1 atom stereocenters. The first kappa shape index (κ1) is 23.1. The Hall–Kier alpha value is -3.71.